The second kappa shape index (κ2) is 7.99. The Morgan fingerprint density at radius 1 is 1.22 bits per heavy atom. The number of nitrogens with zero attached hydrogens (tertiary/aromatic N) is 1. The number of rotatable bonds is 7. The Morgan fingerprint density at radius 2 is 2.00 bits per heavy atom. The summed E-state index contributed by atoms with van der Waals surface area (Å²) < 4.78 is 10.6. The standard InChI is InChI=1S/C17H22N2O3S/c1-19(2)13(15-9-6-10-23-15)11-18-17(20)12-7-5-8-14(21-3)16(12)22-4/h5-10,13H,11H2,1-4H3,(H,18,20)/t13-/m0/s1. The second-order valence-electron chi connectivity index (χ2n) is 5.25. The zero-order valence-corrected chi connectivity index (χ0v) is 14.6. The van der Waals surface area contributed by atoms with Crippen LogP contribution >= 0.6 is 11.3 Å². The first kappa shape index (κ1) is 17.3. The highest BCUT2D eigenvalue weighted by Gasteiger charge is 2.20. The molecule has 1 aromatic carbocycles. The number of carbonyl (C=O) groups is 1. The lowest BCUT2D eigenvalue weighted by Crippen LogP contribution is -2.34. The molecule has 2 aromatic rings. The van der Waals surface area contributed by atoms with Crippen LogP contribution in [-0.4, -0.2) is 45.7 Å². The molecule has 0 unspecified atom stereocenters. The quantitative estimate of drug-likeness (QED) is 0.846. The molecule has 0 saturated heterocycles. The molecule has 1 amide bonds. The van der Waals surface area contributed by atoms with Crippen molar-refractivity contribution in [2.24, 2.45) is 0 Å². The Bertz CT molecular complexity index is 641. The number of amides is 1. The zero-order chi connectivity index (χ0) is 16.8. The van der Waals surface area contributed by atoms with E-state index >= 15 is 0 Å². The maximum Gasteiger partial charge on any atom is 0.255 e. The number of carbonyl (C=O) groups excluding carboxylic acids is 1. The van der Waals surface area contributed by atoms with Gasteiger partial charge in [0.2, 0.25) is 0 Å². The van der Waals surface area contributed by atoms with Gasteiger partial charge in [-0.3, -0.25) is 4.79 Å². The average molecular weight is 334 g/mol. The van der Waals surface area contributed by atoms with E-state index < -0.39 is 0 Å². The summed E-state index contributed by atoms with van der Waals surface area (Å²) in [7, 11) is 7.09. The van der Waals surface area contributed by atoms with Gasteiger partial charge in [-0.2, -0.15) is 0 Å². The van der Waals surface area contributed by atoms with Crippen molar-refractivity contribution in [1.82, 2.24) is 10.2 Å². The third-order valence-electron chi connectivity index (χ3n) is 3.60. The van der Waals surface area contributed by atoms with Gasteiger partial charge in [0.05, 0.1) is 25.8 Å². The minimum atomic E-state index is -0.177. The Labute approximate surface area is 140 Å². The van der Waals surface area contributed by atoms with Gasteiger partial charge in [0.15, 0.2) is 11.5 Å². The molecule has 2 rings (SSSR count). The summed E-state index contributed by atoms with van der Waals surface area (Å²) in [6.07, 6.45) is 0. The van der Waals surface area contributed by atoms with Crippen LogP contribution in [0.3, 0.4) is 0 Å². The lowest BCUT2D eigenvalue weighted by atomic mass is 10.1. The van der Waals surface area contributed by atoms with Crippen LogP contribution in [-0.2, 0) is 0 Å². The fourth-order valence-corrected chi connectivity index (χ4v) is 3.29. The van der Waals surface area contributed by atoms with Crippen LogP contribution in [0.2, 0.25) is 0 Å². The number of nitrogens with one attached hydrogen (secondary N) is 1. The van der Waals surface area contributed by atoms with E-state index in [0.29, 0.717) is 23.6 Å². The summed E-state index contributed by atoms with van der Waals surface area (Å²) in [6.45, 7) is 0.521. The van der Waals surface area contributed by atoms with Crippen LogP contribution in [0.15, 0.2) is 35.7 Å². The Balaban J connectivity index is 2.13. The van der Waals surface area contributed by atoms with E-state index in [2.05, 4.69) is 16.3 Å². The first-order valence-corrected chi connectivity index (χ1v) is 8.15. The van der Waals surface area contributed by atoms with Gasteiger partial charge in [0.1, 0.15) is 0 Å². The predicted octanol–water partition coefficient (Wildman–Crippen LogP) is 2.80. The maximum absolute atomic E-state index is 12.5. The Hall–Kier alpha value is -2.05. The van der Waals surface area contributed by atoms with E-state index in [9.17, 15) is 4.79 Å². The molecule has 5 nitrogen and oxygen atoms in total. The number of thiophene rings is 1. The van der Waals surface area contributed by atoms with Gasteiger partial charge >= 0.3 is 0 Å². The van der Waals surface area contributed by atoms with E-state index in [1.54, 1.807) is 36.6 Å². The van der Waals surface area contributed by atoms with Crippen LogP contribution in [0.5, 0.6) is 11.5 Å². The molecule has 1 atom stereocenters. The van der Waals surface area contributed by atoms with Crippen LogP contribution in [0.1, 0.15) is 21.3 Å². The molecule has 0 aliphatic carbocycles. The van der Waals surface area contributed by atoms with E-state index in [-0.39, 0.29) is 11.9 Å². The smallest absolute Gasteiger partial charge is 0.255 e. The van der Waals surface area contributed by atoms with Crippen molar-refractivity contribution in [2.45, 2.75) is 6.04 Å². The second-order valence-corrected chi connectivity index (χ2v) is 6.23. The van der Waals surface area contributed by atoms with Crippen LogP contribution < -0.4 is 14.8 Å². The predicted molar refractivity (Wildman–Crippen MR) is 92.6 cm³/mol. The summed E-state index contributed by atoms with van der Waals surface area (Å²) in [4.78, 5) is 15.8. The molecule has 1 N–H and O–H groups in total. The molecule has 0 fully saturated rings. The maximum atomic E-state index is 12.5. The van der Waals surface area contributed by atoms with Crippen LogP contribution in [0, 0.1) is 0 Å². The number of ether oxygens (including phenoxy) is 2. The van der Waals surface area contributed by atoms with Gasteiger partial charge in [-0.25, -0.2) is 0 Å². The number of hydrogen-bond acceptors (Lipinski definition) is 5. The third-order valence-corrected chi connectivity index (χ3v) is 4.57. The van der Waals surface area contributed by atoms with Crippen molar-refractivity contribution in [2.75, 3.05) is 34.9 Å². The number of para-hydroxylation sites is 1. The Morgan fingerprint density at radius 3 is 2.57 bits per heavy atom. The molecule has 6 heteroatoms. The average Bonchev–Trinajstić information content (AvgIpc) is 3.07. The summed E-state index contributed by atoms with van der Waals surface area (Å²) in [5, 5.41) is 5.03. The minimum absolute atomic E-state index is 0.135. The molecule has 0 spiro atoms. The fourth-order valence-electron chi connectivity index (χ4n) is 2.37. The number of methoxy groups -OCH3 is 2. The van der Waals surface area contributed by atoms with E-state index in [4.69, 9.17) is 9.47 Å². The topological polar surface area (TPSA) is 50.8 Å². The van der Waals surface area contributed by atoms with Gasteiger partial charge < -0.3 is 19.7 Å². The summed E-state index contributed by atoms with van der Waals surface area (Å²) in [6, 6.07) is 9.50. The SMILES string of the molecule is COc1cccc(C(=O)NC[C@@H](c2cccs2)N(C)C)c1OC. The van der Waals surface area contributed by atoms with Crippen LogP contribution in [0.4, 0.5) is 0 Å². The molecule has 1 aromatic heterocycles. The molecule has 0 bridgehead atoms. The van der Waals surface area contributed by atoms with Gasteiger partial charge in [-0.1, -0.05) is 12.1 Å². The van der Waals surface area contributed by atoms with Crippen molar-refractivity contribution in [3.8, 4) is 11.5 Å². The molecular weight excluding hydrogens is 312 g/mol. The molecule has 1 heterocycles. The summed E-state index contributed by atoms with van der Waals surface area (Å²) >= 11 is 1.68. The largest absolute Gasteiger partial charge is 0.493 e. The van der Waals surface area contributed by atoms with Crippen molar-refractivity contribution < 1.29 is 14.3 Å². The van der Waals surface area contributed by atoms with Gasteiger partial charge in [0, 0.05) is 11.4 Å². The van der Waals surface area contributed by atoms with E-state index in [0.717, 1.165) is 0 Å². The zero-order valence-electron chi connectivity index (χ0n) is 13.8. The molecule has 0 radical (unpaired) electrons. The lowest BCUT2D eigenvalue weighted by Gasteiger charge is -2.23. The first-order chi connectivity index (χ1) is 11.1. The van der Waals surface area contributed by atoms with Crippen molar-refractivity contribution in [1.29, 1.82) is 0 Å². The first-order valence-electron chi connectivity index (χ1n) is 7.27. The Kier molecular flexibility index (Phi) is 6.01. The minimum Gasteiger partial charge on any atom is -0.493 e. The number of hydrogen-bond donors (Lipinski definition) is 1. The molecule has 124 valence electrons. The molecule has 0 aliphatic heterocycles. The highest BCUT2D eigenvalue weighted by atomic mass is 32.1. The van der Waals surface area contributed by atoms with Gasteiger partial charge in [-0.05, 0) is 37.7 Å². The fraction of sp³-hybridized carbons (Fsp3) is 0.353. The highest BCUT2D eigenvalue weighted by molar-refractivity contribution is 7.10. The normalized spacial score (nSPS) is 12.0. The monoisotopic (exact) mass is 334 g/mol. The van der Waals surface area contributed by atoms with Crippen LogP contribution in [0.25, 0.3) is 0 Å². The lowest BCUT2D eigenvalue weighted by molar-refractivity contribution is 0.0938. The molecule has 0 aliphatic rings. The van der Waals surface area contributed by atoms with E-state index in [1.807, 2.05) is 25.5 Å². The molecule has 23 heavy (non-hydrogen) atoms. The summed E-state index contributed by atoms with van der Waals surface area (Å²) in [5.41, 5.74) is 0.468. The molecular formula is C17H22N2O3S. The highest BCUT2D eigenvalue weighted by Crippen LogP contribution is 2.30. The van der Waals surface area contributed by atoms with Gasteiger partial charge in [0.25, 0.3) is 5.91 Å². The molecule has 0 saturated carbocycles. The van der Waals surface area contributed by atoms with Crippen molar-refractivity contribution in [3.63, 3.8) is 0 Å². The van der Waals surface area contributed by atoms with Crippen molar-refractivity contribution in [3.05, 3.63) is 46.2 Å². The summed E-state index contributed by atoms with van der Waals surface area (Å²) in [5.74, 6) is 0.816. The van der Waals surface area contributed by atoms with Crippen molar-refractivity contribution >= 4 is 17.2 Å². The number of likely N-dealkylation sites (N-methyl/N-ethyl adjacent to an activating group) is 1. The number of benzene rings is 1. The van der Waals surface area contributed by atoms with E-state index in [1.165, 1.54) is 12.0 Å². The third kappa shape index (κ3) is 4.03. The van der Waals surface area contributed by atoms with Gasteiger partial charge in [-0.15, -0.1) is 11.3 Å².